The van der Waals surface area contributed by atoms with Gasteiger partial charge in [-0.3, -0.25) is 4.79 Å². The number of likely N-dealkylation sites (tertiary alicyclic amines) is 1. The summed E-state index contributed by atoms with van der Waals surface area (Å²) in [4.78, 5) is 19.6. The zero-order chi connectivity index (χ0) is 20.3. The summed E-state index contributed by atoms with van der Waals surface area (Å²) in [5.74, 6) is 1.42. The molecule has 2 aromatic rings. The molecule has 28 heavy (non-hydrogen) atoms. The molecule has 0 aliphatic carbocycles. The van der Waals surface area contributed by atoms with Gasteiger partial charge < -0.3 is 9.64 Å². The predicted octanol–water partition coefficient (Wildman–Crippen LogP) is 5.58. The first-order valence-corrected chi connectivity index (χ1v) is 10.4. The van der Waals surface area contributed by atoms with Gasteiger partial charge in [-0.05, 0) is 74.9 Å². The molecule has 1 aromatic heterocycles. The van der Waals surface area contributed by atoms with Crippen LogP contribution in [-0.2, 0) is 6.61 Å². The molecule has 4 nitrogen and oxygen atoms in total. The average molecular weight is 401 g/mol. The van der Waals surface area contributed by atoms with E-state index in [4.69, 9.17) is 16.3 Å². The summed E-state index contributed by atoms with van der Waals surface area (Å²) < 4.78 is 6.00. The first kappa shape index (κ1) is 20.7. The second kappa shape index (κ2) is 8.95. The molecule has 2 heterocycles. The summed E-state index contributed by atoms with van der Waals surface area (Å²) in [5.41, 5.74) is 3.22. The van der Waals surface area contributed by atoms with Crippen LogP contribution in [0.15, 0.2) is 30.3 Å². The molecule has 0 bridgehead atoms. The van der Waals surface area contributed by atoms with Crippen LogP contribution >= 0.6 is 11.6 Å². The van der Waals surface area contributed by atoms with Gasteiger partial charge >= 0.3 is 0 Å². The standard InChI is InChI=1S/C23H29ClN2O2/c1-5-18-10-9-17(4)26(13-18)23(27)21-8-6-7-20(25-21)14-28-22-15(2)11-19(24)12-16(22)3/h6-8,11-12,17-18H,5,9-10,13-14H2,1-4H3. The van der Waals surface area contributed by atoms with Gasteiger partial charge in [-0.15, -0.1) is 0 Å². The molecule has 0 spiro atoms. The Balaban J connectivity index is 1.73. The minimum absolute atomic E-state index is 0.0198. The van der Waals surface area contributed by atoms with Crippen LogP contribution < -0.4 is 4.74 Å². The molecule has 3 rings (SSSR count). The van der Waals surface area contributed by atoms with Crippen LogP contribution in [0.2, 0.25) is 5.02 Å². The van der Waals surface area contributed by atoms with E-state index in [1.54, 1.807) is 6.07 Å². The molecule has 2 unspecified atom stereocenters. The zero-order valence-corrected chi connectivity index (χ0v) is 17.9. The third-order valence-electron chi connectivity index (χ3n) is 5.63. The molecule has 150 valence electrons. The van der Waals surface area contributed by atoms with Gasteiger partial charge in [0.25, 0.3) is 5.91 Å². The lowest BCUT2D eigenvalue weighted by Gasteiger charge is -2.37. The van der Waals surface area contributed by atoms with E-state index < -0.39 is 0 Å². The summed E-state index contributed by atoms with van der Waals surface area (Å²) in [6.07, 6.45) is 3.36. The third kappa shape index (κ3) is 4.67. The number of nitrogens with zero attached hydrogens (tertiary/aromatic N) is 2. The van der Waals surface area contributed by atoms with Crippen molar-refractivity contribution < 1.29 is 9.53 Å². The Hall–Kier alpha value is -2.07. The largest absolute Gasteiger partial charge is 0.487 e. The molecule has 2 atom stereocenters. The van der Waals surface area contributed by atoms with E-state index in [9.17, 15) is 4.79 Å². The Morgan fingerprint density at radius 2 is 1.96 bits per heavy atom. The Morgan fingerprint density at radius 3 is 2.64 bits per heavy atom. The Morgan fingerprint density at radius 1 is 1.25 bits per heavy atom. The normalized spacial score (nSPS) is 19.5. The van der Waals surface area contributed by atoms with Gasteiger partial charge in [0.1, 0.15) is 18.1 Å². The SMILES string of the molecule is CCC1CCC(C)N(C(=O)c2cccc(COc3c(C)cc(Cl)cc3C)n2)C1. The van der Waals surface area contributed by atoms with E-state index in [2.05, 4.69) is 18.8 Å². The van der Waals surface area contributed by atoms with Crippen molar-refractivity contribution in [2.75, 3.05) is 6.54 Å². The molecule has 1 aliphatic rings. The Kier molecular flexibility index (Phi) is 6.61. The van der Waals surface area contributed by atoms with Gasteiger partial charge in [-0.1, -0.05) is 31.0 Å². The van der Waals surface area contributed by atoms with Crippen molar-refractivity contribution in [3.63, 3.8) is 0 Å². The minimum Gasteiger partial charge on any atom is -0.487 e. The lowest BCUT2D eigenvalue weighted by atomic mass is 9.91. The van der Waals surface area contributed by atoms with E-state index >= 15 is 0 Å². The first-order valence-electron chi connectivity index (χ1n) is 10.1. The number of aromatic nitrogens is 1. The fourth-order valence-electron chi connectivity index (χ4n) is 3.90. The van der Waals surface area contributed by atoms with E-state index in [1.165, 1.54) is 6.42 Å². The molecular weight excluding hydrogens is 372 g/mol. The van der Waals surface area contributed by atoms with Gasteiger partial charge in [0, 0.05) is 17.6 Å². The highest BCUT2D eigenvalue weighted by Gasteiger charge is 2.29. The number of amides is 1. The summed E-state index contributed by atoms with van der Waals surface area (Å²) in [5, 5.41) is 0.703. The van der Waals surface area contributed by atoms with Gasteiger partial charge in [0.15, 0.2) is 0 Å². The summed E-state index contributed by atoms with van der Waals surface area (Å²) >= 11 is 6.09. The van der Waals surface area contributed by atoms with Crippen molar-refractivity contribution in [2.24, 2.45) is 5.92 Å². The lowest BCUT2D eigenvalue weighted by molar-refractivity contribution is 0.0550. The van der Waals surface area contributed by atoms with Crippen molar-refractivity contribution in [3.05, 3.63) is 57.9 Å². The number of rotatable bonds is 5. The van der Waals surface area contributed by atoms with Crippen LogP contribution in [-0.4, -0.2) is 28.4 Å². The maximum Gasteiger partial charge on any atom is 0.272 e. The van der Waals surface area contributed by atoms with Crippen LogP contribution in [0, 0.1) is 19.8 Å². The number of aryl methyl sites for hydroxylation is 2. The van der Waals surface area contributed by atoms with Crippen LogP contribution in [0.25, 0.3) is 0 Å². The highest BCUT2D eigenvalue weighted by Crippen LogP contribution is 2.28. The third-order valence-corrected chi connectivity index (χ3v) is 5.85. The van der Waals surface area contributed by atoms with E-state index in [1.807, 2.05) is 43.0 Å². The van der Waals surface area contributed by atoms with Crippen molar-refractivity contribution >= 4 is 17.5 Å². The Bertz CT molecular complexity index is 829. The second-order valence-corrected chi connectivity index (χ2v) is 8.27. The zero-order valence-electron chi connectivity index (χ0n) is 17.2. The predicted molar refractivity (Wildman–Crippen MR) is 113 cm³/mol. The van der Waals surface area contributed by atoms with Gasteiger partial charge in [0.05, 0.1) is 5.69 Å². The Labute approximate surface area is 172 Å². The summed E-state index contributed by atoms with van der Waals surface area (Å²) in [7, 11) is 0. The van der Waals surface area contributed by atoms with E-state index in [-0.39, 0.29) is 11.9 Å². The maximum atomic E-state index is 13.1. The number of hydrogen-bond acceptors (Lipinski definition) is 3. The fourth-order valence-corrected chi connectivity index (χ4v) is 4.22. The van der Waals surface area contributed by atoms with Gasteiger partial charge in [-0.25, -0.2) is 4.98 Å². The molecule has 5 heteroatoms. The van der Waals surface area contributed by atoms with Crippen LogP contribution in [0.1, 0.15) is 60.4 Å². The monoisotopic (exact) mass is 400 g/mol. The molecular formula is C23H29ClN2O2. The molecule has 1 saturated heterocycles. The summed E-state index contributed by atoms with van der Waals surface area (Å²) in [6.45, 7) is 9.41. The van der Waals surface area contributed by atoms with Crippen LogP contribution in [0.5, 0.6) is 5.75 Å². The smallest absolute Gasteiger partial charge is 0.272 e. The van der Waals surface area contributed by atoms with Gasteiger partial charge in [0.2, 0.25) is 0 Å². The number of benzene rings is 1. The number of halogens is 1. The highest BCUT2D eigenvalue weighted by atomic mass is 35.5. The number of pyridine rings is 1. The molecule has 0 saturated carbocycles. The van der Waals surface area contributed by atoms with Crippen LogP contribution in [0.3, 0.4) is 0 Å². The minimum atomic E-state index is 0.0198. The fraction of sp³-hybridized carbons (Fsp3) is 0.478. The number of ether oxygens (including phenoxy) is 1. The number of piperidine rings is 1. The van der Waals surface area contributed by atoms with Gasteiger partial charge in [-0.2, -0.15) is 0 Å². The number of hydrogen-bond donors (Lipinski definition) is 0. The second-order valence-electron chi connectivity index (χ2n) is 7.83. The van der Waals surface area contributed by atoms with Crippen molar-refractivity contribution in [1.82, 2.24) is 9.88 Å². The molecule has 0 radical (unpaired) electrons. The topological polar surface area (TPSA) is 42.4 Å². The summed E-state index contributed by atoms with van der Waals surface area (Å²) in [6, 6.07) is 9.61. The van der Waals surface area contributed by atoms with Crippen molar-refractivity contribution in [2.45, 2.75) is 59.6 Å². The quantitative estimate of drug-likeness (QED) is 0.657. The first-order chi connectivity index (χ1) is 13.4. The van der Waals surface area contributed by atoms with Crippen LogP contribution in [0.4, 0.5) is 0 Å². The van der Waals surface area contributed by atoms with Crippen molar-refractivity contribution in [1.29, 1.82) is 0 Å². The van der Waals surface area contributed by atoms with E-state index in [0.29, 0.717) is 23.2 Å². The highest BCUT2D eigenvalue weighted by molar-refractivity contribution is 6.30. The molecule has 1 fully saturated rings. The van der Waals surface area contributed by atoms with E-state index in [0.717, 1.165) is 42.0 Å². The van der Waals surface area contributed by atoms with Crippen molar-refractivity contribution in [3.8, 4) is 5.75 Å². The lowest BCUT2D eigenvalue weighted by Crippen LogP contribution is -2.45. The average Bonchev–Trinajstić information content (AvgIpc) is 2.67. The molecule has 0 N–H and O–H groups in total. The maximum absolute atomic E-state index is 13.1. The molecule has 1 aliphatic heterocycles. The molecule has 1 amide bonds. The molecule has 1 aromatic carbocycles. The number of carbonyl (C=O) groups is 1. The number of carbonyl (C=O) groups excluding carboxylic acids is 1.